The van der Waals surface area contributed by atoms with Crippen LogP contribution >= 0.6 is 0 Å². The van der Waals surface area contributed by atoms with E-state index in [0.717, 1.165) is 26.2 Å². The van der Waals surface area contributed by atoms with E-state index in [9.17, 15) is 0 Å². The molecule has 1 aliphatic heterocycles. The maximum Gasteiger partial charge on any atom is 0.0824 e. The van der Waals surface area contributed by atoms with Gasteiger partial charge in [-0.15, -0.1) is 0 Å². The number of nitrogens with zero attached hydrogens (tertiary/aromatic N) is 1. The number of rotatable bonds is 4. The lowest BCUT2D eigenvalue weighted by Crippen LogP contribution is -2.45. The Morgan fingerprint density at radius 1 is 1.00 bits per heavy atom. The first kappa shape index (κ1) is 14.3. The van der Waals surface area contributed by atoms with Gasteiger partial charge in [-0.2, -0.15) is 0 Å². The monoisotopic (exact) mass is 282 g/mol. The fraction of sp³-hybridized carbons (Fsp3) is 0.333. The molecule has 3 rings (SSSR count). The zero-order valence-corrected chi connectivity index (χ0v) is 12.2. The van der Waals surface area contributed by atoms with Gasteiger partial charge in [-0.05, 0) is 16.7 Å². The van der Waals surface area contributed by atoms with Crippen molar-refractivity contribution in [3.8, 4) is 11.1 Å². The summed E-state index contributed by atoms with van der Waals surface area (Å²) in [4.78, 5) is 2.42. The molecule has 0 aliphatic carbocycles. The second-order valence-electron chi connectivity index (χ2n) is 5.53. The minimum atomic E-state index is 0.183. The minimum Gasteiger partial charge on any atom is -0.374 e. The average molecular weight is 282 g/mol. The fourth-order valence-corrected chi connectivity index (χ4v) is 2.76. The standard InChI is InChI=1S/C18H22N2O/c19-12-18-14-20(10-11-21-18)13-15-6-8-17(9-7-15)16-4-2-1-3-5-16/h1-9,18H,10-14,19H2. The summed E-state index contributed by atoms with van der Waals surface area (Å²) in [5.74, 6) is 0. The first-order valence-electron chi connectivity index (χ1n) is 7.53. The molecular formula is C18H22N2O. The first-order chi connectivity index (χ1) is 10.3. The maximum absolute atomic E-state index is 5.69. The van der Waals surface area contributed by atoms with Crippen molar-refractivity contribution in [3.63, 3.8) is 0 Å². The predicted molar refractivity (Wildman–Crippen MR) is 85.9 cm³/mol. The predicted octanol–water partition coefficient (Wildman–Crippen LogP) is 2.51. The lowest BCUT2D eigenvalue weighted by atomic mass is 10.0. The zero-order valence-electron chi connectivity index (χ0n) is 12.2. The quantitative estimate of drug-likeness (QED) is 0.936. The van der Waals surface area contributed by atoms with Gasteiger partial charge in [0.1, 0.15) is 0 Å². The molecule has 2 N–H and O–H groups in total. The van der Waals surface area contributed by atoms with E-state index in [1.165, 1.54) is 16.7 Å². The third kappa shape index (κ3) is 3.70. The Morgan fingerprint density at radius 2 is 1.71 bits per heavy atom. The van der Waals surface area contributed by atoms with Gasteiger partial charge < -0.3 is 10.5 Å². The van der Waals surface area contributed by atoms with Crippen molar-refractivity contribution in [2.75, 3.05) is 26.2 Å². The molecule has 0 saturated carbocycles. The van der Waals surface area contributed by atoms with Crippen molar-refractivity contribution >= 4 is 0 Å². The van der Waals surface area contributed by atoms with Crippen molar-refractivity contribution in [3.05, 3.63) is 60.2 Å². The van der Waals surface area contributed by atoms with Gasteiger partial charge in [-0.1, -0.05) is 54.6 Å². The van der Waals surface area contributed by atoms with Crippen LogP contribution in [0.5, 0.6) is 0 Å². The van der Waals surface area contributed by atoms with Crippen LogP contribution in [0.1, 0.15) is 5.56 Å². The summed E-state index contributed by atoms with van der Waals surface area (Å²) in [6.07, 6.45) is 0.183. The van der Waals surface area contributed by atoms with E-state index in [1.54, 1.807) is 0 Å². The molecule has 1 saturated heterocycles. The average Bonchev–Trinajstić information content (AvgIpc) is 2.56. The third-order valence-electron chi connectivity index (χ3n) is 3.95. The van der Waals surface area contributed by atoms with Crippen LogP contribution in [0, 0.1) is 0 Å². The molecule has 3 heteroatoms. The highest BCUT2D eigenvalue weighted by atomic mass is 16.5. The molecule has 0 bridgehead atoms. The van der Waals surface area contributed by atoms with E-state index in [0.29, 0.717) is 6.54 Å². The topological polar surface area (TPSA) is 38.5 Å². The van der Waals surface area contributed by atoms with Gasteiger partial charge in [0.2, 0.25) is 0 Å². The number of morpholine rings is 1. The smallest absolute Gasteiger partial charge is 0.0824 e. The highest BCUT2D eigenvalue weighted by molar-refractivity contribution is 5.63. The van der Waals surface area contributed by atoms with Crippen LogP contribution in [-0.2, 0) is 11.3 Å². The van der Waals surface area contributed by atoms with Crippen LogP contribution < -0.4 is 5.73 Å². The van der Waals surface area contributed by atoms with Crippen LogP contribution in [0.3, 0.4) is 0 Å². The molecule has 1 unspecified atom stereocenters. The van der Waals surface area contributed by atoms with E-state index in [2.05, 4.69) is 53.4 Å². The van der Waals surface area contributed by atoms with Crippen molar-refractivity contribution < 1.29 is 4.74 Å². The normalized spacial score (nSPS) is 19.6. The number of hydrogen-bond acceptors (Lipinski definition) is 3. The molecule has 0 aromatic heterocycles. The van der Waals surface area contributed by atoms with Crippen LogP contribution in [-0.4, -0.2) is 37.2 Å². The summed E-state index contributed by atoms with van der Waals surface area (Å²) in [6, 6.07) is 19.3. The summed E-state index contributed by atoms with van der Waals surface area (Å²) in [5, 5.41) is 0. The Kier molecular flexibility index (Phi) is 4.65. The van der Waals surface area contributed by atoms with Crippen LogP contribution in [0.4, 0.5) is 0 Å². The van der Waals surface area contributed by atoms with Crippen LogP contribution in [0.15, 0.2) is 54.6 Å². The molecule has 1 atom stereocenters. The molecule has 2 aromatic carbocycles. The molecule has 1 heterocycles. The summed E-state index contributed by atoms with van der Waals surface area (Å²) in [6.45, 7) is 4.26. The Bertz CT molecular complexity index is 553. The number of ether oxygens (including phenoxy) is 1. The van der Waals surface area contributed by atoms with Gasteiger partial charge in [0.05, 0.1) is 12.7 Å². The third-order valence-corrected chi connectivity index (χ3v) is 3.95. The summed E-state index contributed by atoms with van der Waals surface area (Å²) < 4.78 is 5.61. The molecule has 21 heavy (non-hydrogen) atoms. The van der Waals surface area contributed by atoms with E-state index < -0.39 is 0 Å². The minimum absolute atomic E-state index is 0.183. The molecule has 0 spiro atoms. The molecule has 1 fully saturated rings. The van der Waals surface area contributed by atoms with Gasteiger partial charge in [0.15, 0.2) is 0 Å². The maximum atomic E-state index is 5.69. The van der Waals surface area contributed by atoms with E-state index in [-0.39, 0.29) is 6.10 Å². The Hall–Kier alpha value is -1.68. The lowest BCUT2D eigenvalue weighted by Gasteiger charge is -2.32. The van der Waals surface area contributed by atoms with Gasteiger partial charge in [-0.3, -0.25) is 4.90 Å². The highest BCUT2D eigenvalue weighted by Gasteiger charge is 2.18. The van der Waals surface area contributed by atoms with Gasteiger partial charge >= 0.3 is 0 Å². The molecule has 0 radical (unpaired) electrons. The molecule has 0 amide bonds. The number of hydrogen-bond donors (Lipinski definition) is 1. The largest absolute Gasteiger partial charge is 0.374 e. The lowest BCUT2D eigenvalue weighted by molar-refractivity contribution is -0.0260. The Labute approximate surface area is 126 Å². The van der Waals surface area contributed by atoms with Crippen molar-refractivity contribution in [2.45, 2.75) is 12.6 Å². The van der Waals surface area contributed by atoms with E-state index in [1.807, 2.05) is 6.07 Å². The number of nitrogens with two attached hydrogens (primary N) is 1. The SMILES string of the molecule is NCC1CN(Cc2ccc(-c3ccccc3)cc2)CCO1. The second kappa shape index (κ2) is 6.85. The molecule has 110 valence electrons. The van der Waals surface area contributed by atoms with Crippen LogP contribution in [0.25, 0.3) is 11.1 Å². The van der Waals surface area contributed by atoms with Crippen molar-refractivity contribution in [1.29, 1.82) is 0 Å². The Balaban J connectivity index is 1.65. The molecular weight excluding hydrogens is 260 g/mol. The van der Waals surface area contributed by atoms with Crippen molar-refractivity contribution in [1.82, 2.24) is 4.90 Å². The Morgan fingerprint density at radius 3 is 2.43 bits per heavy atom. The van der Waals surface area contributed by atoms with Gasteiger partial charge in [-0.25, -0.2) is 0 Å². The highest BCUT2D eigenvalue weighted by Crippen LogP contribution is 2.20. The fourth-order valence-electron chi connectivity index (χ4n) is 2.76. The van der Waals surface area contributed by atoms with E-state index in [4.69, 9.17) is 10.5 Å². The van der Waals surface area contributed by atoms with Crippen LogP contribution in [0.2, 0.25) is 0 Å². The number of benzene rings is 2. The van der Waals surface area contributed by atoms with Gasteiger partial charge in [0, 0.05) is 26.2 Å². The van der Waals surface area contributed by atoms with Gasteiger partial charge in [0.25, 0.3) is 0 Å². The summed E-state index contributed by atoms with van der Waals surface area (Å²) in [5.41, 5.74) is 9.56. The van der Waals surface area contributed by atoms with E-state index >= 15 is 0 Å². The van der Waals surface area contributed by atoms with Crippen molar-refractivity contribution in [2.24, 2.45) is 5.73 Å². The summed E-state index contributed by atoms with van der Waals surface area (Å²) >= 11 is 0. The molecule has 1 aliphatic rings. The molecule has 3 nitrogen and oxygen atoms in total. The first-order valence-corrected chi connectivity index (χ1v) is 7.53. The molecule has 2 aromatic rings. The summed E-state index contributed by atoms with van der Waals surface area (Å²) in [7, 11) is 0. The second-order valence-corrected chi connectivity index (χ2v) is 5.53. The zero-order chi connectivity index (χ0) is 14.5.